The third kappa shape index (κ3) is 3.16. The second-order valence-electron chi connectivity index (χ2n) is 5.51. The number of nitrogens with zero attached hydrogens (tertiary/aromatic N) is 4. The fourth-order valence-electron chi connectivity index (χ4n) is 3.12. The fourth-order valence-corrected chi connectivity index (χ4v) is 3.12. The maximum atomic E-state index is 10.5. The molecule has 21 heavy (non-hydrogen) atoms. The minimum Gasteiger partial charge on any atom is -0.390 e. The van der Waals surface area contributed by atoms with Crippen molar-refractivity contribution < 1.29 is 9.84 Å². The molecular weight excluding hydrogens is 268 g/mol. The van der Waals surface area contributed by atoms with Crippen LogP contribution in [0.2, 0.25) is 0 Å². The van der Waals surface area contributed by atoms with Crippen LogP contribution in [0.3, 0.4) is 0 Å². The number of β-amino-alcohol motifs (C(OH)–C–C–N with tert-alkyl or cyclic N) is 1. The summed E-state index contributed by atoms with van der Waals surface area (Å²) in [5.74, 6) is 0.772. The molecule has 0 aliphatic carbocycles. The van der Waals surface area contributed by atoms with Crippen molar-refractivity contribution in [2.75, 3.05) is 44.3 Å². The second kappa shape index (κ2) is 6.39. The van der Waals surface area contributed by atoms with Gasteiger partial charge in [-0.15, -0.1) is 0 Å². The molecule has 6 heteroatoms. The number of morpholine rings is 1. The Balaban J connectivity index is 1.66. The lowest BCUT2D eigenvalue weighted by molar-refractivity contribution is -0.0274. The summed E-state index contributed by atoms with van der Waals surface area (Å²) < 4.78 is 5.37. The van der Waals surface area contributed by atoms with Crippen molar-refractivity contribution in [3.8, 4) is 6.07 Å². The van der Waals surface area contributed by atoms with Crippen LogP contribution in [0.1, 0.15) is 12.1 Å². The first-order chi connectivity index (χ1) is 10.3. The predicted octanol–water partition coefficient (Wildman–Crippen LogP) is 0.225. The van der Waals surface area contributed by atoms with Crippen molar-refractivity contribution in [2.24, 2.45) is 0 Å². The molecule has 1 N–H and O–H groups in total. The van der Waals surface area contributed by atoms with E-state index in [1.54, 1.807) is 6.07 Å². The highest BCUT2D eigenvalue weighted by Gasteiger charge is 2.33. The van der Waals surface area contributed by atoms with Crippen molar-refractivity contribution in [1.29, 1.82) is 5.26 Å². The van der Waals surface area contributed by atoms with Crippen LogP contribution in [0.15, 0.2) is 18.2 Å². The van der Waals surface area contributed by atoms with Gasteiger partial charge in [-0.1, -0.05) is 6.07 Å². The summed E-state index contributed by atoms with van der Waals surface area (Å²) in [6, 6.07) is 7.68. The van der Waals surface area contributed by atoms with Crippen LogP contribution in [0.5, 0.6) is 0 Å². The van der Waals surface area contributed by atoms with E-state index < -0.39 is 6.10 Å². The van der Waals surface area contributed by atoms with Gasteiger partial charge in [-0.05, 0) is 18.6 Å². The number of aromatic nitrogens is 1. The summed E-state index contributed by atoms with van der Waals surface area (Å²) in [5.41, 5.74) is 0.414. The third-order valence-corrected chi connectivity index (χ3v) is 4.23. The number of aliphatic hydroxyl groups excluding tert-OH is 1. The van der Waals surface area contributed by atoms with Gasteiger partial charge in [0.25, 0.3) is 0 Å². The molecule has 2 saturated heterocycles. The Labute approximate surface area is 124 Å². The number of rotatable bonds is 2. The summed E-state index contributed by atoms with van der Waals surface area (Å²) in [6.45, 7) is 4.69. The van der Waals surface area contributed by atoms with Gasteiger partial charge in [0.05, 0.1) is 19.3 Å². The number of nitriles is 1. The zero-order valence-electron chi connectivity index (χ0n) is 12.0. The van der Waals surface area contributed by atoms with Crippen LogP contribution >= 0.6 is 0 Å². The Morgan fingerprint density at radius 1 is 1.29 bits per heavy atom. The number of ether oxygens (including phenoxy) is 1. The summed E-state index contributed by atoms with van der Waals surface area (Å²) in [4.78, 5) is 8.69. The number of anilines is 1. The van der Waals surface area contributed by atoms with Crippen LogP contribution in [-0.2, 0) is 4.74 Å². The summed E-state index contributed by atoms with van der Waals surface area (Å²) >= 11 is 0. The van der Waals surface area contributed by atoms with Crippen molar-refractivity contribution in [3.05, 3.63) is 23.9 Å². The standard InChI is InChI=1S/C15H20N4O2/c16-10-12-2-1-3-15(17-12)19-5-4-13(14(20)11-19)18-6-8-21-9-7-18/h1-3,13-14,20H,4-9,11H2/t13-,14-/m1/s1. The number of aliphatic hydroxyl groups is 1. The molecular formula is C15H20N4O2. The van der Waals surface area contributed by atoms with Crippen molar-refractivity contribution in [2.45, 2.75) is 18.6 Å². The van der Waals surface area contributed by atoms with E-state index in [0.29, 0.717) is 12.2 Å². The molecule has 0 bridgehead atoms. The van der Waals surface area contributed by atoms with Crippen LogP contribution in [-0.4, -0.2) is 66.5 Å². The topological polar surface area (TPSA) is 72.6 Å². The molecule has 2 aliphatic heterocycles. The van der Waals surface area contributed by atoms with E-state index in [0.717, 1.165) is 45.1 Å². The smallest absolute Gasteiger partial charge is 0.142 e. The molecule has 0 saturated carbocycles. The fraction of sp³-hybridized carbons (Fsp3) is 0.600. The first kappa shape index (κ1) is 14.3. The number of pyridine rings is 1. The molecule has 3 heterocycles. The molecule has 6 nitrogen and oxygen atoms in total. The van der Waals surface area contributed by atoms with Gasteiger partial charge in [-0.2, -0.15) is 5.26 Å². The number of hydrogen-bond acceptors (Lipinski definition) is 6. The summed E-state index contributed by atoms with van der Waals surface area (Å²) in [6.07, 6.45) is 0.504. The molecule has 0 spiro atoms. The second-order valence-corrected chi connectivity index (χ2v) is 5.51. The highest BCUT2D eigenvalue weighted by molar-refractivity contribution is 5.42. The molecule has 3 rings (SSSR count). The van der Waals surface area contributed by atoms with Gasteiger partial charge in [0.1, 0.15) is 17.6 Å². The van der Waals surface area contributed by atoms with Gasteiger partial charge >= 0.3 is 0 Å². The normalized spacial score (nSPS) is 27.3. The van der Waals surface area contributed by atoms with Gasteiger partial charge in [0.2, 0.25) is 0 Å². The maximum Gasteiger partial charge on any atom is 0.142 e. The third-order valence-electron chi connectivity index (χ3n) is 4.23. The van der Waals surface area contributed by atoms with E-state index in [1.165, 1.54) is 0 Å². The largest absolute Gasteiger partial charge is 0.390 e. The van der Waals surface area contributed by atoms with E-state index in [2.05, 4.69) is 20.9 Å². The van der Waals surface area contributed by atoms with E-state index in [1.807, 2.05) is 12.1 Å². The Kier molecular flexibility index (Phi) is 4.34. The SMILES string of the molecule is N#Cc1cccc(N2CC[C@@H](N3CCOCC3)[C@H](O)C2)n1. The lowest BCUT2D eigenvalue weighted by Crippen LogP contribution is -2.56. The summed E-state index contributed by atoms with van der Waals surface area (Å²) in [7, 11) is 0. The number of piperidine rings is 1. The zero-order chi connectivity index (χ0) is 14.7. The Morgan fingerprint density at radius 2 is 2.10 bits per heavy atom. The highest BCUT2D eigenvalue weighted by Crippen LogP contribution is 2.22. The van der Waals surface area contributed by atoms with E-state index in [-0.39, 0.29) is 6.04 Å². The highest BCUT2D eigenvalue weighted by atomic mass is 16.5. The van der Waals surface area contributed by atoms with Crippen LogP contribution in [0.4, 0.5) is 5.82 Å². The van der Waals surface area contributed by atoms with Gasteiger partial charge in [-0.3, -0.25) is 4.90 Å². The molecule has 0 amide bonds. The molecule has 2 atom stereocenters. The van der Waals surface area contributed by atoms with Crippen LogP contribution in [0, 0.1) is 11.3 Å². The van der Waals surface area contributed by atoms with Gasteiger partial charge in [0.15, 0.2) is 0 Å². The Bertz CT molecular complexity index is 525. The Hall–Kier alpha value is -1.68. The average molecular weight is 288 g/mol. The van der Waals surface area contributed by atoms with E-state index in [9.17, 15) is 5.11 Å². The average Bonchev–Trinajstić information content (AvgIpc) is 2.55. The quantitative estimate of drug-likeness (QED) is 0.839. The minimum absolute atomic E-state index is 0.198. The van der Waals surface area contributed by atoms with Crippen LogP contribution < -0.4 is 4.90 Å². The summed E-state index contributed by atoms with van der Waals surface area (Å²) in [5, 5.41) is 19.4. The predicted molar refractivity (Wildman–Crippen MR) is 78.0 cm³/mol. The van der Waals surface area contributed by atoms with Gasteiger partial charge in [0, 0.05) is 32.2 Å². The van der Waals surface area contributed by atoms with Crippen LogP contribution in [0.25, 0.3) is 0 Å². The molecule has 0 unspecified atom stereocenters. The molecule has 0 aromatic carbocycles. The van der Waals surface area contributed by atoms with Gasteiger partial charge in [-0.25, -0.2) is 4.98 Å². The van der Waals surface area contributed by atoms with Crippen molar-refractivity contribution in [1.82, 2.24) is 9.88 Å². The first-order valence-corrected chi connectivity index (χ1v) is 7.40. The first-order valence-electron chi connectivity index (χ1n) is 7.40. The molecule has 0 radical (unpaired) electrons. The van der Waals surface area contributed by atoms with E-state index in [4.69, 9.17) is 10.00 Å². The monoisotopic (exact) mass is 288 g/mol. The van der Waals surface area contributed by atoms with Crippen molar-refractivity contribution in [3.63, 3.8) is 0 Å². The van der Waals surface area contributed by atoms with E-state index >= 15 is 0 Å². The molecule has 2 aliphatic rings. The minimum atomic E-state index is -0.399. The Morgan fingerprint density at radius 3 is 2.81 bits per heavy atom. The molecule has 2 fully saturated rings. The zero-order valence-corrected chi connectivity index (χ0v) is 12.0. The molecule has 1 aromatic rings. The maximum absolute atomic E-state index is 10.5. The molecule has 112 valence electrons. The lowest BCUT2D eigenvalue weighted by atomic mass is 9.99. The van der Waals surface area contributed by atoms with Crippen molar-refractivity contribution >= 4 is 5.82 Å². The van der Waals surface area contributed by atoms with Gasteiger partial charge < -0.3 is 14.7 Å². The lowest BCUT2D eigenvalue weighted by Gasteiger charge is -2.43. The number of hydrogen-bond donors (Lipinski definition) is 1. The molecule has 1 aromatic heterocycles.